The van der Waals surface area contributed by atoms with Crippen LogP contribution in [0.1, 0.15) is 11.1 Å². The molecule has 2 aromatic carbocycles. The van der Waals surface area contributed by atoms with Crippen LogP contribution < -0.4 is 4.90 Å². The molecular weight excluding hydrogens is 310 g/mol. The summed E-state index contributed by atoms with van der Waals surface area (Å²) < 4.78 is 0. The first-order valence-corrected chi connectivity index (χ1v) is 7.26. The Balaban J connectivity index is 2.34. The lowest BCUT2D eigenvalue weighted by molar-refractivity contribution is 1.20. The van der Waals surface area contributed by atoms with Gasteiger partial charge in [-0.1, -0.05) is 45.7 Å². The molecule has 0 N–H and O–H groups in total. The number of halogens is 2. The Hall–Kier alpha value is -0.990. The minimum Gasteiger partial charge on any atom is -0.345 e. The van der Waals surface area contributed by atoms with E-state index in [0.29, 0.717) is 0 Å². The highest BCUT2D eigenvalue weighted by molar-refractivity contribution is 9.08. The van der Waals surface area contributed by atoms with Crippen LogP contribution in [0.25, 0.3) is 0 Å². The zero-order valence-electron chi connectivity index (χ0n) is 10.5. The van der Waals surface area contributed by atoms with E-state index in [9.17, 15) is 0 Å². The van der Waals surface area contributed by atoms with Gasteiger partial charge in [-0.15, -0.1) is 0 Å². The van der Waals surface area contributed by atoms with Crippen molar-refractivity contribution in [3.8, 4) is 0 Å². The highest BCUT2D eigenvalue weighted by Crippen LogP contribution is 2.29. The minimum atomic E-state index is 0.778. The van der Waals surface area contributed by atoms with Crippen molar-refractivity contribution in [1.82, 2.24) is 0 Å². The van der Waals surface area contributed by atoms with Crippen molar-refractivity contribution < 1.29 is 0 Å². The SMILES string of the molecule is Cc1cccc(N(C)c2ccc(CBr)c(Cl)c2)c1. The van der Waals surface area contributed by atoms with Gasteiger partial charge in [0.15, 0.2) is 0 Å². The van der Waals surface area contributed by atoms with Crippen LogP contribution >= 0.6 is 27.5 Å². The molecular formula is C15H15BrClN. The average molecular weight is 325 g/mol. The lowest BCUT2D eigenvalue weighted by Gasteiger charge is -2.20. The Labute approximate surface area is 122 Å². The van der Waals surface area contributed by atoms with Crippen molar-refractivity contribution in [2.75, 3.05) is 11.9 Å². The second-order valence-corrected chi connectivity index (χ2v) is 5.28. The lowest BCUT2D eigenvalue weighted by atomic mass is 10.1. The van der Waals surface area contributed by atoms with Gasteiger partial charge < -0.3 is 4.90 Å². The molecule has 18 heavy (non-hydrogen) atoms. The molecule has 0 amide bonds. The van der Waals surface area contributed by atoms with E-state index < -0.39 is 0 Å². The van der Waals surface area contributed by atoms with Gasteiger partial charge in [-0.3, -0.25) is 0 Å². The monoisotopic (exact) mass is 323 g/mol. The Morgan fingerprint density at radius 2 is 1.83 bits per heavy atom. The van der Waals surface area contributed by atoms with Crippen molar-refractivity contribution in [3.63, 3.8) is 0 Å². The molecule has 0 aliphatic heterocycles. The van der Waals surface area contributed by atoms with Crippen LogP contribution in [0.3, 0.4) is 0 Å². The molecule has 0 saturated carbocycles. The molecule has 0 saturated heterocycles. The summed E-state index contributed by atoms with van der Waals surface area (Å²) in [6.45, 7) is 2.10. The van der Waals surface area contributed by atoms with E-state index in [1.54, 1.807) is 0 Å². The second kappa shape index (κ2) is 5.77. The van der Waals surface area contributed by atoms with Crippen LogP contribution in [0.2, 0.25) is 5.02 Å². The summed E-state index contributed by atoms with van der Waals surface area (Å²) in [7, 11) is 2.05. The van der Waals surface area contributed by atoms with Gasteiger partial charge in [0.05, 0.1) is 0 Å². The molecule has 0 aromatic heterocycles. The fourth-order valence-corrected chi connectivity index (χ4v) is 2.73. The fraction of sp³-hybridized carbons (Fsp3) is 0.200. The predicted molar refractivity (Wildman–Crippen MR) is 83.3 cm³/mol. The molecule has 0 radical (unpaired) electrons. The number of nitrogens with zero attached hydrogens (tertiary/aromatic N) is 1. The van der Waals surface area contributed by atoms with Crippen molar-refractivity contribution in [1.29, 1.82) is 0 Å². The number of alkyl halides is 1. The normalized spacial score (nSPS) is 10.4. The Bertz CT molecular complexity index is 554. The third-order valence-electron chi connectivity index (χ3n) is 2.96. The van der Waals surface area contributed by atoms with Crippen LogP contribution in [-0.4, -0.2) is 7.05 Å². The quantitative estimate of drug-likeness (QED) is 0.691. The maximum Gasteiger partial charge on any atom is 0.0467 e. The summed E-state index contributed by atoms with van der Waals surface area (Å²) in [4.78, 5) is 2.14. The van der Waals surface area contributed by atoms with Gasteiger partial charge in [-0.25, -0.2) is 0 Å². The summed E-state index contributed by atoms with van der Waals surface area (Å²) >= 11 is 9.66. The third kappa shape index (κ3) is 2.88. The number of hydrogen-bond donors (Lipinski definition) is 0. The Morgan fingerprint density at radius 3 is 2.44 bits per heavy atom. The van der Waals surface area contributed by atoms with Gasteiger partial charge in [0.2, 0.25) is 0 Å². The van der Waals surface area contributed by atoms with Gasteiger partial charge in [-0.05, 0) is 42.3 Å². The smallest absolute Gasteiger partial charge is 0.0467 e. The Morgan fingerprint density at radius 1 is 1.11 bits per heavy atom. The molecule has 0 bridgehead atoms. The van der Waals surface area contributed by atoms with Gasteiger partial charge in [0.1, 0.15) is 0 Å². The summed E-state index contributed by atoms with van der Waals surface area (Å²) in [5.74, 6) is 0. The average Bonchev–Trinajstić information content (AvgIpc) is 2.37. The van der Waals surface area contributed by atoms with Crippen LogP contribution in [0.4, 0.5) is 11.4 Å². The molecule has 2 rings (SSSR count). The van der Waals surface area contributed by atoms with E-state index >= 15 is 0 Å². The maximum atomic E-state index is 6.24. The van der Waals surface area contributed by atoms with E-state index in [2.05, 4.69) is 64.2 Å². The predicted octanol–water partition coefficient (Wildman–Crippen LogP) is 5.31. The highest BCUT2D eigenvalue weighted by Gasteiger charge is 2.06. The highest BCUT2D eigenvalue weighted by atomic mass is 79.9. The van der Waals surface area contributed by atoms with Crippen molar-refractivity contribution in [2.45, 2.75) is 12.3 Å². The van der Waals surface area contributed by atoms with E-state index in [1.807, 2.05) is 13.1 Å². The topological polar surface area (TPSA) is 3.24 Å². The molecule has 3 heteroatoms. The first-order chi connectivity index (χ1) is 8.61. The molecule has 0 fully saturated rings. The molecule has 0 aliphatic rings. The van der Waals surface area contributed by atoms with E-state index in [1.165, 1.54) is 5.56 Å². The summed E-state index contributed by atoms with van der Waals surface area (Å²) in [5, 5.41) is 1.57. The third-order valence-corrected chi connectivity index (χ3v) is 3.91. The first kappa shape index (κ1) is 13.4. The molecule has 94 valence electrons. The first-order valence-electron chi connectivity index (χ1n) is 5.76. The van der Waals surface area contributed by atoms with Crippen molar-refractivity contribution in [3.05, 3.63) is 58.6 Å². The summed E-state index contributed by atoms with van der Waals surface area (Å²) in [6, 6.07) is 14.6. The number of benzene rings is 2. The van der Waals surface area contributed by atoms with Gasteiger partial charge in [0, 0.05) is 28.8 Å². The van der Waals surface area contributed by atoms with Crippen LogP contribution in [-0.2, 0) is 5.33 Å². The lowest BCUT2D eigenvalue weighted by Crippen LogP contribution is -2.09. The number of hydrogen-bond acceptors (Lipinski definition) is 1. The van der Waals surface area contributed by atoms with Crippen LogP contribution in [0, 0.1) is 6.92 Å². The van der Waals surface area contributed by atoms with Crippen molar-refractivity contribution >= 4 is 38.9 Å². The van der Waals surface area contributed by atoms with Crippen molar-refractivity contribution in [2.24, 2.45) is 0 Å². The fourth-order valence-electron chi connectivity index (χ4n) is 1.84. The van der Waals surface area contributed by atoms with E-state index in [-0.39, 0.29) is 0 Å². The standard InChI is InChI=1S/C15H15BrClN/c1-11-4-3-5-13(8-11)18(2)14-7-6-12(10-16)15(17)9-14/h3-9H,10H2,1-2H3. The minimum absolute atomic E-state index is 0.778. The summed E-state index contributed by atoms with van der Waals surface area (Å²) in [6.07, 6.45) is 0. The number of rotatable bonds is 3. The summed E-state index contributed by atoms with van der Waals surface area (Å²) in [5.41, 5.74) is 4.62. The largest absolute Gasteiger partial charge is 0.345 e. The number of anilines is 2. The van der Waals surface area contributed by atoms with Crippen LogP contribution in [0.15, 0.2) is 42.5 Å². The van der Waals surface area contributed by atoms with Gasteiger partial charge in [0.25, 0.3) is 0 Å². The molecule has 0 heterocycles. The van der Waals surface area contributed by atoms with E-state index in [0.717, 1.165) is 27.3 Å². The van der Waals surface area contributed by atoms with Gasteiger partial charge in [-0.2, -0.15) is 0 Å². The molecule has 0 atom stereocenters. The zero-order valence-corrected chi connectivity index (χ0v) is 12.8. The van der Waals surface area contributed by atoms with Gasteiger partial charge >= 0.3 is 0 Å². The molecule has 0 spiro atoms. The molecule has 1 nitrogen and oxygen atoms in total. The molecule has 2 aromatic rings. The zero-order chi connectivity index (χ0) is 13.1. The molecule has 0 aliphatic carbocycles. The van der Waals surface area contributed by atoms with Crippen LogP contribution in [0.5, 0.6) is 0 Å². The van der Waals surface area contributed by atoms with E-state index in [4.69, 9.17) is 11.6 Å². The molecule has 0 unspecified atom stereocenters. The Kier molecular flexibility index (Phi) is 4.31. The number of aryl methyl sites for hydroxylation is 1. The second-order valence-electron chi connectivity index (χ2n) is 4.31. The maximum absolute atomic E-state index is 6.24.